The predicted molar refractivity (Wildman–Crippen MR) is 73.4 cm³/mol. The average Bonchev–Trinajstić information content (AvgIpc) is 2.94. The molecule has 0 bridgehead atoms. The second kappa shape index (κ2) is 4.70. The van der Waals surface area contributed by atoms with E-state index in [9.17, 15) is 0 Å². The lowest BCUT2D eigenvalue weighted by molar-refractivity contribution is 0.547. The highest BCUT2D eigenvalue weighted by atomic mass is 32.2. The van der Waals surface area contributed by atoms with Gasteiger partial charge < -0.3 is 10.3 Å². The first kappa shape index (κ1) is 11.1. The van der Waals surface area contributed by atoms with Gasteiger partial charge in [-0.05, 0) is 36.8 Å². The number of hydrogen-bond acceptors (Lipinski definition) is 3. The third kappa shape index (κ3) is 2.48. The summed E-state index contributed by atoms with van der Waals surface area (Å²) in [6.45, 7) is 2.95. The van der Waals surface area contributed by atoms with E-state index in [1.165, 1.54) is 23.5 Å². The Morgan fingerprint density at radius 1 is 1.53 bits per heavy atom. The molecule has 90 valence electrons. The second-order valence-corrected chi connectivity index (χ2v) is 5.80. The van der Waals surface area contributed by atoms with Crippen molar-refractivity contribution in [2.75, 3.05) is 11.5 Å². The van der Waals surface area contributed by atoms with Crippen molar-refractivity contribution in [2.24, 2.45) is 0 Å². The van der Waals surface area contributed by atoms with Gasteiger partial charge in [0.25, 0.3) is 0 Å². The molecule has 0 unspecified atom stereocenters. The highest BCUT2D eigenvalue weighted by molar-refractivity contribution is 7.99. The van der Waals surface area contributed by atoms with E-state index in [-0.39, 0.29) is 0 Å². The van der Waals surface area contributed by atoms with E-state index in [0.29, 0.717) is 6.04 Å². The van der Waals surface area contributed by atoms with E-state index < -0.39 is 0 Å². The fraction of sp³-hybridized carbons (Fsp3) is 0.462. The van der Waals surface area contributed by atoms with E-state index in [0.717, 1.165) is 23.4 Å². The molecule has 0 aliphatic carbocycles. The van der Waals surface area contributed by atoms with Gasteiger partial charge in [-0.15, -0.1) is 0 Å². The summed E-state index contributed by atoms with van der Waals surface area (Å²) < 4.78 is 0. The fourth-order valence-electron chi connectivity index (χ4n) is 2.20. The third-order valence-electron chi connectivity index (χ3n) is 3.17. The molecule has 1 atom stereocenters. The van der Waals surface area contributed by atoms with Crippen molar-refractivity contribution >= 4 is 22.8 Å². The van der Waals surface area contributed by atoms with Crippen LogP contribution in [0.15, 0.2) is 18.2 Å². The van der Waals surface area contributed by atoms with Crippen LogP contribution >= 0.6 is 11.8 Å². The Morgan fingerprint density at radius 2 is 2.47 bits per heavy atom. The Balaban J connectivity index is 1.72. The first-order chi connectivity index (χ1) is 8.31. The summed E-state index contributed by atoms with van der Waals surface area (Å²) in [5.74, 6) is 3.57. The lowest BCUT2D eigenvalue weighted by Gasteiger charge is -2.08. The van der Waals surface area contributed by atoms with E-state index in [1.807, 2.05) is 11.8 Å². The SMILES string of the molecule is Cc1ccc2nc(CN[C@H]3CCSC3)[nH]c2c1. The molecule has 2 aromatic rings. The highest BCUT2D eigenvalue weighted by Gasteiger charge is 2.14. The van der Waals surface area contributed by atoms with Crippen molar-refractivity contribution in [1.29, 1.82) is 0 Å². The number of nitrogens with zero attached hydrogens (tertiary/aromatic N) is 1. The number of H-pyrrole nitrogens is 1. The van der Waals surface area contributed by atoms with Crippen molar-refractivity contribution < 1.29 is 0 Å². The average molecular weight is 247 g/mol. The molecule has 0 amide bonds. The van der Waals surface area contributed by atoms with E-state index in [4.69, 9.17) is 0 Å². The number of aromatic nitrogens is 2. The number of aryl methyl sites for hydroxylation is 1. The molecular formula is C13H17N3S. The molecule has 3 rings (SSSR count). The molecule has 0 spiro atoms. The Labute approximate surface area is 105 Å². The van der Waals surface area contributed by atoms with Crippen LogP contribution in [0.5, 0.6) is 0 Å². The van der Waals surface area contributed by atoms with Crippen LogP contribution < -0.4 is 5.32 Å². The number of aromatic amines is 1. The summed E-state index contributed by atoms with van der Waals surface area (Å²) in [4.78, 5) is 7.97. The Hall–Kier alpha value is -1.00. The lowest BCUT2D eigenvalue weighted by Crippen LogP contribution is -2.28. The second-order valence-electron chi connectivity index (χ2n) is 4.65. The first-order valence-electron chi connectivity index (χ1n) is 6.07. The minimum Gasteiger partial charge on any atom is -0.341 e. The Kier molecular flexibility index (Phi) is 3.07. The normalized spacial score (nSPS) is 20.2. The number of hydrogen-bond donors (Lipinski definition) is 2. The van der Waals surface area contributed by atoms with Gasteiger partial charge in [0, 0.05) is 11.8 Å². The zero-order valence-electron chi connectivity index (χ0n) is 9.99. The van der Waals surface area contributed by atoms with Gasteiger partial charge in [-0.25, -0.2) is 4.98 Å². The molecule has 1 aromatic carbocycles. The number of imidazole rings is 1. The largest absolute Gasteiger partial charge is 0.341 e. The van der Waals surface area contributed by atoms with Gasteiger partial charge in [-0.3, -0.25) is 0 Å². The van der Waals surface area contributed by atoms with Gasteiger partial charge in [0.05, 0.1) is 17.6 Å². The maximum atomic E-state index is 4.59. The van der Waals surface area contributed by atoms with Crippen LogP contribution in [0.4, 0.5) is 0 Å². The standard InChI is InChI=1S/C13H17N3S/c1-9-2-3-11-12(6-9)16-13(15-11)7-14-10-4-5-17-8-10/h2-3,6,10,14H,4-5,7-8H2,1H3,(H,15,16)/t10-/m0/s1. The minimum atomic E-state index is 0.662. The van der Waals surface area contributed by atoms with Gasteiger partial charge in [-0.2, -0.15) is 11.8 Å². The Bertz CT molecular complexity index is 514. The molecule has 1 aliphatic rings. The quantitative estimate of drug-likeness (QED) is 0.875. The molecular weight excluding hydrogens is 230 g/mol. The fourth-order valence-corrected chi connectivity index (χ4v) is 3.38. The molecule has 2 N–H and O–H groups in total. The Morgan fingerprint density at radius 3 is 3.29 bits per heavy atom. The maximum absolute atomic E-state index is 4.59. The smallest absolute Gasteiger partial charge is 0.121 e. The van der Waals surface area contributed by atoms with Crippen LogP contribution in [0.1, 0.15) is 17.8 Å². The highest BCUT2D eigenvalue weighted by Crippen LogP contribution is 2.18. The van der Waals surface area contributed by atoms with Crippen LogP contribution in [0, 0.1) is 6.92 Å². The van der Waals surface area contributed by atoms with Crippen molar-refractivity contribution in [3.63, 3.8) is 0 Å². The summed E-state index contributed by atoms with van der Waals surface area (Å²) in [6, 6.07) is 7.00. The van der Waals surface area contributed by atoms with Crippen LogP contribution in [-0.2, 0) is 6.54 Å². The number of fused-ring (bicyclic) bond motifs is 1. The van der Waals surface area contributed by atoms with Crippen molar-refractivity contribution in [3.8, 4) is 0 Å². The van der Waals surface area contributed by atoms with Crippen LogP contribution in [0.2, 0.25) is 0 Å². The summed E-state index contributed by atoms with van der Waals surface area (Å²) in [6.07, 6.45) is 1.28. The van der Waals surface area contributed by atoms with Crippen molar-refractivity contribution in [1.82, 2.24) is 15.3 Å². The van der Waals surface area contributed by atoms with E-state index >= 15 is 0 Å². The van der Waals surface area contributed by atoms with Gasteiger partial charge in [0.2, 0.25) is 0 Å². The van der Waals surface area contributed by atoms with Crippen LogP contribution in [-0.4, -0.2) is 27.5 Å². The van der Waals surface area contributed by atoms with E-state index in [2.05, 4.69) is 40.4 Å². The summed E-state index contributed by atoms with van der Waals surface area (Å²) >= 11 is 2.03. The molecule has 0 radical (unpaired) electrons. The minimum absolute atomic E-state index is 0.662. The summed E-state index contributed by atoms with van der Waals surface area (Å²) in [5, 5.41) is 3.56. The molecule has 2 heterocycles. The number of thioether (sulfide) groups is 1. The molecule has 1 aromatic heterocycles. The first-order valence-corrected chi connectivity index (χ1v) is 7.23. The molecule has 3 nitrogen and oxygen atoms in total. The number of nitrogens with one attached hydrogen (secondary N) is 2. The van der Waals surface area contributed by atoms with Gasteiger partial charge >= 0.3 is 0 Å². The lowest BCUT2D eigenvalue weighted by atomic mass is 10.2. The van der Waals surface area contributed by atoms with Gasteiger partial charge in [0.1, 0.15) is 5.82 Å². The van der Waals surface area contributed by atoms with Crippen LogP contribution in [0.3, 0.4) is 0 Å². The molecule has 1 fully saturated rings. The monoisotopic (exact) mass is 247 g/mol. The summed E-state index contributed by atoms with van der Waals surface area (Å²) in [5.41, 5.74) is 3.48. The van der Waals surface area contributed by atoms with Gasteiger partial charge in [0.15, 0.2) is 0 Å². The van der Waals surface area contributed by atoms with Crippen LogP contribution in [0.25, 0.3) is 11.0 Å². The van der Waals surface area contributed by atoms with Crippen molar-refractivity contribution in [2.45, 2.75) is 25.9 Å². The van der Waals surface area contributed by atoms with E-state index in [1.54, 1.807) is 0 Å². The zero-order chi connectivity index (χ0) is 11.7. The molecule has 1 saturated heterocycles. The third-order valence-corrected chi connectivity index (χ3v) is 4.34. The molecule has 0 saturated carbocycles. The zero-order valence-corrected chi connectivity index (χ0v) is 10.8. The summed E-state index contributed by atoms with van der Waals surface area (Å²) in [7, 11) is 0. The topological polar surface area (TPSA) is 40.7 Å². The number of benzene rings is 1. The van der Waals surface area contributed by atoms with Crippen molar-refractivity contribution in [3.05, 3.63) is 29.6 Å². The number of rotatable bonds is 3. The predicted octanol–water partition coefficient (Wildman–Crippen LogP) is 2.47. The molecule has 4 heteroatoms. The molecule has 1 aliphatic heterocycles. The molecule has 17 heavy (non-hydrogen) atoms. The van der Waals surface area contributed by atoms with Gasteiger partial charge in [-0.1, -0.05) is 6.07 Å². The maximum Gasteiger partial charge on any atom is 0.121 e.